The Morgan fingerprint density at radius 3 is 2.61 bits per heavy atom. The summed E-state index contributed by atoms with van der Waals surface area (Å²) in [5, 5.41) is 14.6. The number of rotatable bonds is 6. The van der Waals surface area contributed by atoms with Crippen LogP contribution in [0.25, 0.3) is 6.08 Å². The number of piperidine rings is 1. The minimum atomic E-state index is -0.449. The maximum atomic E-state index is 12.1. The van der Waals surface area contributed by atoms with Gasteiger partial charge in [-0.05, 0) is 42.2 Å². The third-order valence-electron chi connectivity index (χ3n) is 4.76. The molecule has 1 amide bonds. The Labute approximate surface area is 169 Å². The Morgan fingerprint density at radius 1 is 1.21 bits per heavy atom. The molecule has 2 aromatic rings. The molecule has 3 rings (SSSR count). The van der Waals surface area contributed by atoms with Crippen LogP contribution in [0.15, 0.2) is 54.6 Å². The quantitative estimate of drug-likeness (QED) is 0.452. The molecule has 0 aromatic heterocycles. The van der Waals surface area contributed by atoms with Crippen molar-refractivity contribution < 1.29 is 9.72 Å². The first-order valence-electron chi connectivity index (χ1n) is 9.19. The van der Waals surface area contributed by atoms with E-state index >= 15 is 0 Å². The molecule has 6 nitrogen and oxygen atoms in total. The van der Waals surface area contributed by atoms with Crippen molar-refractivity contribution in [2.24, 2.45) is 0 Å². The van der Waals surface area contributed by atoms with E-state index in [9.17, 15) is 14.9 Å². The van der Waals surface area contributed by atoms with Crippen LogP contribution in [0, 0.1) is 10.1 Å². The molecule has 0 bridgehead atoms. The highest BCUT2D eigenvalue weighted by Crippen LogP contribution is 2.17. The van der Waals surface area contributed by atoms with E-state index in [0.29, 0.717) is 5.56 Å². The Balaban J connectivity index is 1.45. The fourth-order valence-corrected chi connectivity index (χ4v) is 3.37. The lowest BCUT2D eigenvalue weighted by Crippen LogP contribution is -2.43. The number of hydrogen-bond acceptors (Lipinski definition) is 4. The molecule has 0 unspecified atom stereocenters. The second kappa shape index (κ2) is 9.48. The van der Waals surface area contributed by atoms with Crippen molar-refractivity contribution in [2.75, 3.05) is 13.1 Å². The molecule has 7 heteroatoms. The molecular weight excluding hydrogens is 378 g/mol. The number of nitro benzene ring substituents is 1. The van der Waals surface area contributed by atoms with Crippen LogP contribution in [-0.2, 0) is 11.3 Å². The largest absolute Gasteiger partial charge is 0.350 e. The lowest BCUT2D eigenvalue weighted by molar-refractivity contribution is -0.384. The lowest BCUT2D eigenvalue weighted by atomic mass is 10.0. The predicted molar refractivity (Wildman–Crippen MR) is 110 cm³/mol. The average molecular weight is 400 g/mol. The first-order valence-corrected chi connectivity index (χ1v) is 9.57. The second-order valence-corrected chi connectivity index (χ2v) is 7.31. The van der Waals surface area contributed by atoms with Gasteiger partial charge in [0.2, 0.25) is 5.91 Å². The van der Waals surface area contributed by atoms with Crippen LogP contribution in [0.2, 0.25) is 5.02 Å². The van der Waals surface area contributed by atoms with E-state index in [4.69, 9.17) is 11.6 Å². The molecule has 1 saturated heterocycles. The van der Waals surface area contributed by atoms with Gasteiger partial charge in [-0.15, -0.1) is 0 Å². The summed E-state index contributed by atoms with van der Waals surface area (Å²) in [6, 6.07) is 14.2. The molecular formula is C21H22ClN3O3. The van der Waals surface area contributed by atoms with E-state index in [1.54, 1.807) is 18.2 Å². The summed E-state index contributed by atoms with van der Waals surface area (Å²) in [6.07, 6.45) is 4.81. The van der Waals surface area contributed by atoms with Crippen molar-refractivity contribution in [1.82, 2.24) is 10.2 Å². The minimum Gasteiger partial charge on any atom is -0.350 e. The number of amides is 1. The summed E-state index contributed by atoms with van der Waals surface area (Å²) in [5.41, 5.74) is 1.87. The van der Waals surface area contributed by atoms with Gasteiger partial charge in [-0.3, -0.25) is 19.8 Å². The van der Waals surface area contributed by atoms with Crippen LogP contribution in [0.5, 0.6) is 0 Å². The molecule has 0 spiro atoms. The topological polar surface area (TPSA) is 75.5 Å². The number of nitro groups is 1. The SMILES string of the molecule is O=C(/C=C/c1cccc([N+](=O)[O-])c1)NC1CCN(Cc2ccc(Cl)cc2)CC1. The van der Waals surface area contributed by atoms with Crippen molar-refractivity contribution in [2.45, 2.75) is 25.4 Å². The number of nitrogens with zero attached hydrogens (tertiary/aromatic N) is 2. The number of likely N-dealkylation sites (tertiary alicyclic amines) is 1. The number of carbonyl (C=O) groups is 1. The van der Waals surface area contributed by atoms with Crippen LogP contribution < -0.4 is 5.32 Å². The van der Waals surface area contributed by atoms with Crippen LogP contribution in [0.1, 0.15) is 24.0 Å². The summed E-state index contributed by atoms with van der Waals surface area (Å²) in [7, 11) is 0. The second-order valence-electron chi connectivity index (χ2n) is 6.87. The third-order valence-corrected chi connectivity index (χ3v) is 5.01. The standard InChI is InChI=1S/C21H22ClN3O3/c22-18-7-4-17(5-8-18)15-24-12-10-19(11-13-24)23-21(26)9-6-16-2-1-3-20(14-16)25(27)28/h1-9,14,19H,10-13,15H2,(H,23,26)/b9-6+. The highest BCUT2D eigenvalue weighted by atomic mass is 35.5. The fourth-order valence-electron chi connectivity index (χ4n) is 3.25. The van der Waals surface area contributed by atoms with E-state index in [2.05, 4.69) is 10.2 Å². The molecule has 1 N–H and O–H groups in total. The van der Waals surface area contributed by atoms with Crippen molar-refractivity contribution >= 4 is 29.3 Å². The Bertz CT molecular complexity index is 859. The highest BCUT2D eigenvalue weighted by molar-refractivity contribution is 6.30. The zero-order chi connectivity index (χ0) is 19.9. The van der Waals surface area contributed by atoms with Crippen LogP contribution in [0.4, 0.5) is 5.69 Å². The maximum absolute atomic E-state index is 12.1. The molecule has 1 aliphatic heterocycles. The Hall–Kier alpha value is -2.70. The number of nitrogens with one attached hydrogen (secondary N) is 1. The van der Waals surface area contributed by atoms with E-state index in [1.807, 2.05) is 24.3 Å². The monoisotopic (exact) mass is 399 g/mol. The van der Waals surface area contributed by atoms with Crippen molar-refractivity contribution in [3.05, 3.63) is 80.9 Å². The molecule has 28 heavy (non-hydrogen) atoms. The molecule has 1 fully saturated rings. The molecule has 0 saturated carbocycles. The number of carbonyl (C=O) groups excluding carboxylic acids is 1. The van der Waals surface area contributed by atoms with E-state index in [-0.39, 0.29) is 17.6 Å². The summed E-state index contributed by atoms with van der Waals surface area (Å²) in [4.78, 5) is 24.9. The zero-order valence-corrected chi connectivity index (χ0v) is 16.1. The Kier molecular flexibility index (Phi) is 6.79. The molecule has 146 valence electrons. The molecule has 2 aromatic carbocycles. The fraction of sp³-hybridized carbons (Fsp3) is 0.286. The third kappa shape index (κ3) is 5.90. The normalized spacial score (nSPS) is 15.6. The minimum absolute atomic E-state index is 0.00983. The van der Waals surface area contributed by atoms with Gasteiger partial charge < -0.3 is 5.32 Å². The van der Waals surface area contributed by atoms with Crippen LogP contribution >= 0.6 is 11.6 Å². The number of non-ortho nitro benzene ring substituents is 1. The van der Waals surface area contributed by atoms with Gasteiger partial charge in [0.1, 0.15) is 0 Å². The van der Waals surface area contributed by atoms with Gasteiger partial charge in [-0.25, -0.2) is 0 Å². The van der Waals surface area contributed by atoms with Crippen LogP contribution in [0.3, 0.4) is 0 Å². The van der Waals surface area contributed by atoms with Gasteiger partial charge in [-0.1, -0.05) is 35.9 Å². The summed E-state index contributed by atoms with van der Waals surface area (Å²) in [6.45, 7) is 2.72. The molecule has 0 aliphatic carbocycles. The maximum Gasteiger partial charge on any atom is 0.270 e. The molecule has 0 atom stereocenters. The number of halogens is 1. The van der Waals surface area contributed by atoms with E-state index in [1.165, 1.54) is 23.8 Å². The molecule has 1 aliphatic rings. The molecule has 1 heterocycles. The van der Waals surface area contributed by atoms with Gasteiger partial charge in [0.25, 0.3) is 5.69 Å². The highest BCUT2D eigenvalue weighted by Gasteiger charge is 2.20. The van der Waals surface area contributed by atoms with Gasteiger partial charge in [0.05, 0.1) is 4.92 Å². The van der Waals surface area contributed by atoms with Gasteiger partial charge in [-0.2, -0.15) is 0 Å². The summed E-state index contributed by atoms with van der Waals surface area (Å²) in [5.74, 6) is -0.178. The lowest BCUT2D eigenvalue weighted by Gasteiger charge is -2.32. The summed E-state index contributed by atoms with van der Waals surface area (Å²) >= 11 is 5.92. The van der Waals surface area contributed by atoms with Crippen molar-refractivity contribution in [1.29, 1.82) is 0 Å². The smallest absolute Gasteiger partial charge is 0.270 e. The van der Waals surface area contributed by atoms with E-state index < -0.39 is 4.92 Å². The average Bonchev–Trinajstić information content (AvgIpc) is 2.70. The predicted octanol–water partition coefficient (Wildman–Crippen LogP) is 4.04. The zero-order valence-electron chi connectivity index (χ0n) is 15.4. The first-order chi connectivity index (χ1) is 13.5. The van der Waals surface area contributed by atoms with Crippen LogP contribution in [-0.4, -0.2) is 34.9 Å². The summed E-state index contributed by atoms with van der Waals surface area (Å²) < 4.78 is 0. The first kappa shape index (κ1) is 20.0. The van der Waals surface area contributed by atoms with Crippen molar-refractivity contribution in [3.63, 3.8) is 0 Å². The van der Waals surface area contributed by atoms with Gasteiger partial charge >= 0.3 is 0 Å². The molecule has 0 radical (unpaired) electrons. The van der Waals surface area contributed by atoms with Crippen molar-refractivity contribution in [3.8, 4) is 0 Å². The number of benzene rings is 2. The Morgan fingerprint density at radius 2 is 1.93 bits per heavy atom. The van der Waals surface area contributed by atoms with Gasteiger partial charge in [0, 0.05) is 48.9 Å². The number of hydrogen-bond donors (Lipinski definition) is 1. The van der Waals surface area contributed by atoms with E-state index in [0.717, 1.165) is 37.5 Å². The van der Waals surface area contributed by atoms with Gasteiger partial charge in [0.15, 0.2) is 0 Å².